The highest BCUT2D eigenvalue weighted by Gasteiger charge is 2.21. The fourth-order valence-corrected chi connectivity index (χ4v) is 4.00. The topological polar surface area (TPSA) is 72.3 Å². The van der Waals surface area contributed by atoms with Crippen molar-refractivity contribution < 1.29 is 13.9 Å². The first-order valence-electron chi connectivity index (χ1n) is 9.72. The van der Waals surface area contributed by atoms with Crippen molar-refractivity contribution in [1.29, 1.82) is 0 Å². The number of nitrogens with one attached hydrogen (secondary N) is 1. The highest BCUT2D eigenvalue weighted by Crippen LogP contribution is 2.27. The van der Waals surface area contributed by atoms with Crippen LogP contribution < -0.4 is 10.2 Å². The van der Waals surface area contributed by atoms with Crippen LogP contribution in [0.3, 0.4) is 0 Å². The second-order valence-electron chi connectivity index (χ2n) is 6.71. The molecule has 0 atom stereocenters. The van der Waals surface area contributed by atoms with Crippen molar-refractivity contribution in [3.05, 3.63) is 60.4 Å². The van der Waals surface area contributed by atoms with E-state index in [0.717, 1.165) is 29.9 Å². The number of carbonyl (C=O) groups excluding carboxylic acids is 1. The predicted molar refractivity (Wildman–Crippen MR) is 115 cm³/mol. The van der Waals surface area contributed by atoms with E-state index in [-0.39, 0.29) is 11.7 Å². The molecule has 0 aliphatic carbocycles. The molecular formula is C21H22FN5O2S. The number of halogens is 1. The first-order valence-corrected chi connectivity index (χ1v) is 10.7. The lowest BCUT2D eigenvalue weighted by Crippen LogP contribution is -2.37. The molecule has 2 heterocycles. The first-order chi connectivity index (χ1) is 14.7. The van der Waals surface area contributed by atoms with Gasteiger partial charge in [-0.15, -0.1) is 10.2 Å². The molecule has 1 N–H and O–H groups in total. The molecule has 9 heteroatoms. The van der Waals surface area contributed by atoms with Crippen LogP contribution in [0.25, 0.3) is 5.69 Å². The Labute approximate surface area is 178 Å². The monoisotopic (exact) mass is 427 g/mol. The summed E-state index contributed by atoms with van der Waals surface area (Å²) >= 11 is 1.48. The fraction of sp³-hybridized carbons (Fsp3) is 0.286. The van der Waals surface area contributed by atoms with E-state index in [2.05, 4.69) is 20.4 Å². The largest absolute Gasteiger partial charge is 0.378 e. The molecule has 156 valence electrons. The molecule has 1 amide bonds. The number of hydrogen-bond donors (Lipinski definition) is 1. The highest BCUT2D eigenvalue weighted by atomic mass is 32.2. The smallest absolute Gasteiger partial charge is 0.232 e. The maximum Gasteiger partial charge on any atom is 0.232 e. The fourth-order valence-electron chi connectivity index (χ4n) is 3.12. The van der Waals surface area contributed by atoms with Crippen LogP contribution in [0, 0.1) is 5.82 Å². The Balaban J connectivity index is 1.44. The standard InChI is InChI=1S/C21H22FN5O2S/c22-16-6-8-17(9-7-16)23-19(28)10-15-30-21-25-24-20(26-11-13-29-14-12-26)27(21)18-4-2-1-3-5-18/h1-9H,10-15H2,(H,23,28). The number of ether oxygens (including phenoxy) is 1. The third-order valence-corrected chi connectivity index (χ3v) is 5.54. The van der Waals surface area contributed by atoms with E-state index in [0.29, 0.717) is 31.1 Å². The number of thioether (sulfide) groups is 1. The number of carbonyl (C=O) groups is 1. The van der Waals surface area contributed by atoms with Crippen molar-refractivity contribution in [2.75, 3.05) is 42.3 Å². The Kier molecular flexibility index (Phi) is 6.60. The van der Waals surface area contributed by atoms with Gasteiger partial charge in [-0.3, -0.25) is 9.36 Å². The lowest BCUT2D eigenvalue weighted by atomic mass is 10.3. The van der Waals surface area contributed by atoms with Crippen LogP contribution in [-0.4, -0.2) is 52.7 Å². The number of aromatic nitrogens is 3. The molecule has 0 unspecified atom stereocenters. The number of nitrogens with zero attached hydrogens (tertiary/aromatic N) is 4. The molecular weight excluding hydrogens is 405 g/mol. The van der Waals surface area contributed by atoms with Crippen molar-refractivity contribution in [1.82, 2.24) is 14.8 Å². The van der Waals surface area contributed by atoms with Crippen molar-refractivity contribution >= 4 is 29.3 Å². The molecule has 7 nitrogen and oxygen atoms in total. The molecule has 1 aliphatic heterocycles. The molecule has 0 saturated carbocycles. The minimum absolute atomic E-state index is 0.131. The van der Waals surface area contributed by atoms with Gasteiger partial charge in [-0.2, -0.15) is 0 Å². The van der Waals surface area contributed by atoms with Gasteiger partial charge in [0.2, 0.25) is 11.9 Å². The average molecular weight is 428 g/mol. The maximum absolute atomic E-state index is 13.0. The molecule has 1 aromatic heterocycles. The van der Waals surface area contributed by atoms with Crippen LogP contribution in [-0.2, 0) is 9.53 Å². The van der Waals surface area contributed by atoms with Crippen LogP contribution in [0.1, 0.15) is 6.42 Å². The molecule has 0 bridgehead atoms. The lowest BCUT2D eigenvalue weighted by molar-refractivity contribution is -0.115. The minimum atomic E-state index is -0.333. The van der Waals surface area contributed by atoms with E-state index < -0.39 is 0 Å². The SMILES string of the molecule is O=C(CCSc1nnc(N2CCOCC2)n1-c1ccccc1)Nc1ccc(F)cc1. The van der Waals surface area contributed by atoms with Gasteiger partial charge in [-0.1, -0.05) is 30.0 Å². The number of anilines is 2. The third-order valence-electron chi connectivity index (χ3n) is 4.61. The van der Waals surface area contributed by atoms with Crippen molar-refractivity contribution in [2.24, 2.45) is 0 Å². The molecule has 3 aromatic rings. The summed E-state index contributed by atoms with van der Waals surface area (Å²) in [4.78, 5) is 14.4. The van der Waals surface area contributed by atoms with Crippen molar-refractivity contribution in [3.8, 4) is 5.69 Å². The second kappa shape index (κ2) is 9.73. The van der Waals surface area contributed by atoms with Gasteiger partial charge in [0.25, 0.3) is 0 Å². The van der Waals surface area contributed by atoms with E-state index in [1.807, 2.05) is 34.9 Å². The van der Waals surface area contributed by atoms with Gasteiger partial charge in [-0.05, 0) is 36.4 Å². The van der Waals surface area contributed by atoms with Gasteiger partial charge in [0.1, 0.15) is 5.82 Å². The molecule has 1 fully saturated rings. The lowest BCUT2D eigenvalue weighted by Gasteiger charge is -2.27. The normalized spacial score (nSPS) is 14.0. The number of amides is 1. The highest BCUT2D eigenvalue weighted by molar-refractivity contribution is 7.99. The van der Waals surface area contributed by atoms with Crippen molar-refractivity contribution in [3.63, 3.8) is 0 Å². The zero-order chi connectivity index (χ0) is 20.8. The van der Waals surface area contributed by atoms with E-state index in [1.54, 1.807) is 12.1 Å². The van der Waals surface area contributed by atoms with Gasteiger partial charge in [-0.25, -0.2) is 4.39 Å². The molecule has 0 spiro atoms. The van der Waals surface area contributed by atoms with Crippen LogP contribution >= 0.6 is 11.8 Å². The Morgan fingerprint density at radius 3 is 2.53 bits per heavy atom. The van der Waals surface area contributed by atoms with Crippen LogP contribution in [0.4, 0.5) is 16.0 Å². The summed E-state index contributed by atoms with van der Waals surface area (Å²) in [5.41, 5.74) is 1.55. The number of benzene rings is 2. The average Bonchev–Trinajstić information content (AvgIpc) is 3.20. The Morgan fingerprint density at radius 1 is 1.07 bits per heavy atom. The van der Waals surface area contributed by atoms with E-state index >= 15 is 0 Å². The summed E-state index contributed by atoms with van der Waals surface area (Å²) in [6, 6.07) is 15.7. The van der Waals surface area contributed by atoms with Gasteiger partial charge in [0.15, 0.2) is 5.16 Å². The number of morpholine rings is 1. The Morgan fingerprint density at radius 2 is 1.80 bits per heavy atom. The Hall–Kier alpha value is -2.91. The van der Waals surface area contributed by atoms with Gasteiger partial charge >= 0.3 is 0 Å². The number of rotatable bonds is 7. The van der Waals surface area contributed by atoms with Crippen LogP contribution in [0.2, 0.25) is 0 Å². The summed E-state index contributed by atoms with van der Waals surface area (Å²) in [5.74, 6) is 0.858. The van der Waals surface area contributed by atoms with Crippen LogP contribution in [0.5, 0.6) is 0 Å². The maximum atomic E-state index is 13.0. The quantitative estimate of drug-likeness (QED) is 0.583. The van der Waals surface area contributed by atoms with Crippen molar-refractivity contribution in [2.45, 2.75) is 11.6 Å². The molecule has 4 rings (SSSR count). The molecule has 0 radical (unpaired) electrons. The summed E-state index contributed by atoms with van der Waals surface area (Å²) in [6.45, 7) is 2.84. The van der Waals surface area contributed by atoms with E-state index in [9.17, 15) is 9.18 Å². The Bertz CT molecular complexity index is 975. The zero-order valence-corrected chi connectivity index (χ0v) is 17.1. The molecule has 30 heavy (non-hydrogen) atoms. The number of para-hydroxylation sites is 1. The summed E-state index contributed by atoms with van der Waals surface area (Å²) < 4.78 is 20.5. The zero-order valence-electron chi connectivity index (χ0n) is 16.3. The third kappa shape index (κ3) is 4.98. The van der Waals surface area contributed by atoms with Gasteiger partial charge < -0.3 is 15.0 Å². The predicted octanol–water partition coefficient (Wildman–Crippen LogP) is 3.36. The number of hydrogen-bond acceptors (Lipinski definition) is 6. The minimum Gasteiger partial charge on any atom is -0.378 e. The molecule has 2 aromatic carbocycles. The molecule has 1 saturated heterocycles. The summed E-state index contributed by atoms with van der Waals surface area (Å²) in [6.07, 6.45) is 0.302. The van der Waals surface area contributed by atoms with Gasteiger partial charge in [0.05, 0.1) is 18.9 Å². The summed E-state index contributed by atoms with van der Waals surface area (Å²) in [5, 5.41) is 12.3. The summed E-state index contributed by atoms with van der Waals surface area (Å²) in [7, 11) is 0. The van der Waals surface area contributed by atoms with E-state index in [4.69, 9.17) is 4.74 Å². The van der Waals surface area contributed by atoms with Gasteiger partial charge in [0, 0.05) is 31.0 Å². The van der Waals surface area contributed by atoms with Crippen LogP contribution in [0.15, 0.2) is 59.8 Å². The molecule has 1 aliphatic rings. The second-order valence-corrected chi connectivity index (χ2v) is 7.77. The van der Waals surface area contributed by atoms with E-state index in [1.165, 1.54) is 23.9 Å². The first kappa shape index (κ1) is 20.4.